The minimum atomic E-state index is -0.0266. The lowest BCUT2D eigenvalue weighted by atomic mass is 10.0. The van der Waals surface area contributed by atoms with Crippen LogP contribution in [-0.4, -0.2) is 36.6 Å². The van der Waals surface area contributed by atoms with Gasteiger partial charge in [0.05, 0.1) is 18.1 Å². The van der Waals surface area contributed by atoms with Crippen molar-refractivity contribution in [2.24, 2.45) is 0 Å². The molecule has 5 rings (SSSR count). The normalized spacial score (nSPS) is 14.4. The molecule has 0 saturated heterocycles. The molecule has 2 aromatic carbocycles. The molecule has 1 saturated carbocycles. The van der Waals surface area contributed by atoms with E-state index in [0.29, 0.717) is 19.1 Å². The van der Waals surface area contributed by atoms with Crippen molar-refractivity contribution in [3.05, 3.63) is 87.0 Å². The minimum absolute atomic E-state index is 0.0266. The number of aromatic amines is 1. The van der Waals surface area contributed by atoms with Crippen LogP contribution in [0.15, 0.2) is 53.3 Å². The Kier molecular flexibility index (Phi) is 6.54. The predicted octanol–water partition coefficient (Wildman–Crippen LogP) is 4.49. The highest BCUT2D eigenvalue weighted by Gasteiger charge is 2.23. The predicted molar refractivity (Wildman–Crippen MR) is 134 cm³/mol. The summed E-state index contributed by atoms with van der Waals surface area (Å²) in [6.07, 6.45) is 5.62. The Morgan fingerprint density at radius 3 is 2.59 bits per heavy atom. The van der Waals surface area contributed by atoms with Crippen molar-refractivity contribution in [3.8, 4) is 0 Å². The van der Waals surface area contributed by atoms with Gasteiger partial charge in [-0.25, -0.2) is 4.68 Å². The van der Waals surface area contributed by atoms with E-state index in [9.17, 15) is 4.79 Å². The van der Waals surface area contributed by atoms with E-state index in [2.05, 4.69) is 74.8 Å². The number of hydrogen-bond acceptors (Lipinski definition) is 5. The maximum absolute atomic E-state index is 13.1. The molecule has 4 aromatic rings. The van der Waals surface area contributed by atoms with Gasteiger partial charge in [-0.05, 0) is 66.3 Å². The number of aryl methyl sites for hydroxylation is 2. The lowest BCUT2D eigenvalue weighted by Crippen LogP contribution is -2.30. The summed E-state index contributed by atoms with van der Waals surface area (Å²) < 4.78 is 2.01. The van der Waals surface area contributed by atoms with E-state index in [1.54, 1.807) is 0 Å². The minimum Gasteiger partial charge on any atom is -0.321 e. The van der Waals surface area contributed by atoms with Gasteiger partial charge in [0.15, 0.2) is 5.82 Å². The van der Waals surface area contributed by atoms with Gasteiger partial charge < -0.3 is 4.98 Å². The third kappa shape index (κ3) is 4.80. The summed E-state index contributed by atoms with van der Waals surface area (Å²) in [6, 6.07) is 17.1. The number of hydrogen-bond donors (Lipinski definition) is 1. The number of pyridine rings is 1. The number of aromatic nitrogens is 5. The van der Waals surface area contributed by atoms with Crippen LogP contribution in [0.2, 0.25) is 0 Å². The van der Waals surface area contributed by atoms with Crippen LogP contribution >= 0.6 is 0 Å². The molecule has 0 unspecified atom stereocenters. The highest BCUT2D eigenvalue weighted by Crippen LogP contribution is 2.29. The van der Waals surface area contributed by atoms with Gasteiger partial charge >= 0.3 is 0 Å². The van der Waals surface area contributed by atoms with Crippen LogP contribution in [0.1, 0.15) is 59.8 Å². The Balaban J connectivity index is 1.44. The molecule has 176 valence electrons. The van der Waals surface area contributed by atoms with Gasteiger partial charge in [-0.1, -0.05) is 55.3 Å². The van der Waals surface area contributed by atoms with Gasteiger partial charge in [0.1, 0.15) is 0 Å². The largest absolute Gasteiger partial charge is 0.321 e. The van der Waals surface area contributed by atoms with Crippen LogP contribution < -0.4 is 5.56 Å². The van der Waals surface area contributed by atoms with Crippen molar-refractivity contribution < 1.29 is 0 Å². The van der Waals surface area contributed by atoms with Gasteiger partial charge in [-0.2, -0.15) is 0 Å². The van der Waals surface area contributed by atoms with Crippen molar-refractivity contribution >= 4 is 10.9 Å². The molecule has 1 aliphatic rings. The van der Waals surface area contributed by atoms with E-state index < -0.39 is 0 Å². The second-order valence-corrected chi connectivity index (χ2v) is 9.54. The zero-order chi connectivity index (χ0) is 23.5. The first-order valence-electron chi connectivity index (χ1n) is 12.2. The zero-order valence-electron chi connectivity index (χ0n) is 20.0. The first-order chi connectivity index (χ1) is 16.6. The molecule has 0 spiro atoms. The van der Waals surface area contributed by atoms with Crippen LogP contribution in [0.5, 0.6) is 0 Å². The van der Waals surface area contributed by atoms with E-state index in [4.69, 9.17) is 0 Å². The number of fused-ring (bicyclic) bond motifs is 1. The molecular formula is C27H32N6O. The third-order valence-electron chi connectivity index (χ3n) is 7.07. The fraction of sp³-hybridized carbons (Fsp3) is 0.407. The smallest absolute Gasteiger partial charge is 0.252 e. The van der Waals surface area contributed by atoms with Crippen LogP contribution in [0.25, 0.3) is 10.9 Å². The van der Waals surface area contributed by atoms with Gasteiger partial charge in [-0.15, -0.1) is 5.10 Å². The lowest BCUT2D eigenvalue weighted by molar-refractivity contribution is 0.243. The first kappa shape index (κ1) is 22.5. The van der Waals surface area contributed by atoms with Crippen molar-refractivity contribution in [1.29, 1.82) is 0 Å². The fourth-order valence-corrected chi connectivity index (χ4v) is 5.07. The molecule has 2 aromatic heterocycles. The maximum atomic E-state index is 13.1. The molecule has 0 atom stereocenters. The van der Waals surface area contributed by atoms with Crippen molar-refractivity contribution in [3.63, 3.8) is 0 Å². The fourth-order valence-electron chi connectivity index (χ4n) is 5.07. The summed E-state index contributed by atoms with van der Waals surface area (Å²) in [5, 5.41) is 13.8. The molecule has 7 heteroatoms. The Bertz CT molecular complexity index is 1320. The second-order valence-electron chi connectivity index (χ2n) is 9.54. The van der Waals surface area contributed by atoms with Crippen LogP contribution in [0.3, 0.4) is 0 Å². The Morgan fingerprint density at radius 1 is 1.03 bits per heavy atom. The molecule has 7 nitrogen and oxygen atoms in total. The molecule has 1 N–H and O–H groups in total. The number of benzene rings is 2. The summed E-state index contributed by atoms with van der Waals surface area (Å²) >= 11 is 0. The van der Waals surface area contributed by atoms with Crippen LogP contribution in [-0.2, 0) is 19.5 Å². The van der Waals surface area contributed by atoms with E-state index in [-0.39, 0.29) is 5.56 Å². The molecule has 1 aliphatic carbocycles. The van der Waals surface area contributed by atoms with Crippen molar-refractivity contribution in [2.75, 3.05) is 6.54 Å². The number of nitrogens with one attached hydrogen (secondary N) is 1. The second kappa shape index (κ2) is 9.89. The third-order valence-corrected chi connectivity index (χ3v) is 7.07. The standard InChI is InChI=1S/C27H32N6O/c1-19-12-13-20(2)26-24(19)16-22(27(34)28-26)17-32(15-14-21-8-4-3-5-9-21)18-25-29-30-31-33(25)23-10-6-7-11-23/h3-5,8-9,12-13,16,23H,6-7,10-11,14-15,17-18H2,1-2H3,(H,28,34). The number of tetrazole rings is 1. The van der Waals surface area contributed by atoms with Crippen LogP contribution in [0, 0.1) is 13.8 Å². The van der Waals surface area contributed by atoms with Gasteiger partial charge in [-0.3, -0.25) is 9.69 Å². The summed E-state index contributed by atoms with van der Waals surface area (Å²) in [6.45, 7) is 6.09. The van der Waals surface area contributed by atoms with Gasteiger partial charge in [0, 0.05) is 24.0 Å². The molecule has 1 fully saturated rings. The molecule has 2 heterocycles. The molecule has 0 amide bonds. The lowest BCUT2D eigenvalue weighted by Gasteiger charge is -2.23. The highest BCUT2D eigenvalue weighted by atomic mass is 16.1. The molecule has 0 radical (unpaired) electrons. The average Bonchev–Trinajstić information content (AvgIpc) is 3.53. The number of H-pyrrole nitrogens is 1. The average molecular weight is 457 g/mol. The SMILES string of the molecule is Cc1ccc(C)c2[nH]c(=O)c(CN(CCc3ccccc3)Cc3nnnn3C3CCCC3)cc12. The van der Waals surface area contributed by atoms with Crippen molar-refractivity contribution in [2.45, 2.75) is 65.1 Å². The van der Waals surface area contributed by atoms with Gasteiger partial charge in [0.2, 0.25) is 0 Å². The number of nitrogens with zero attached hydrogens (tertiary/aromatic N) is 5. The molecular weight excluding hydrogens is 424 g/mol. The molecule has 0 aliphatic heterocycles. The molecule has 0 bridgehead atoms. The quantitative estimate of drug-likeness (QED) is 0.423. The van der Waals surface area contributed by atoms with E-state index in [1.165, 1.54) is 24.0 Å². The highest BCUT2D eigenvalue weighted by molar-refractivity contribution is 5.85. The Morgan fingerprint density at radius 2 is 1.79 bits per heavy atom. The summed E-state index contributed by atoms with van der Waals surface area (Å²) in [7, 11) is 0. The van der Waals surface area contributed by atoms with E-state index in [1.807, 2.05) is 17.7 Å². The molecule has 34 heavy (non-hydrogen) atoms. The Labute approximate surface area is 199 Å². The summed E-state index contributed by atoms with van der Waals surface area (Å²) in [4.78, 5) is 18.5. The van der Waals surface area contributed by atoms with Gasteiger partial charge in [0.25, 0.3) is 5.56 Å². The summed E-state index contributed by atoms with van der Waals surface area (Å²) in [5.74, 6) is 0.879. The van der Waals surface area contributed by atoms with E-state index >= 15 is 0 Å². The van der Waals surface area contributed by atoms with Crippen molar-refractivity contribution in [1.82, 2.24) is 30.1 Å². The Hall–Kier alpha value is -3.32. The zero-order valence-corrected chi connectivity index (χ0v) is 20.0. The monoisotopic (exact) mass is 456 g/mol. The van der Waals surface area contributed by atoms with E-state index in [0.717, 1.165) is 53.7 Å². The maximum Gasteiger partial charge on any atom is 0.252 e. The topological polar surface area (TPSA) is 79.7 Å². The first-order valence-corrected chi connectivity index (χ1v) is 12.2. The van der Waals surface area contributed by atoms with Crippen LogP contribution in [0.4, 0.5) is 0 Å². The summed E-state index contributed by atoms with van der Waals surface area (Å²) in [5.41, 5.74) is 5.20. The number of rotatable bonds is 8.